The molecule has 0 saturated heterocycles. The lowest BCUT2D eigenvalue weighted by Crippen LogP contribution is -2.34. The van der Waals surface area contributed by atoms with Gasteiger partial charge in [-0.2, -0.15) is 0 Å². The van der Waals surface area contributed by atoms with E-state index in [1.165, 1.54) is 10.5 Å². The molecule has 1 aromatic carbocycles. The van der Waals surface area contributed by atoms with E-state index in [9.17, 15) is 0 Å². The third-order valence-electron chi connectivity index (χ3n) is 3.38. The Morgan fingerprint density at radius 1 is 1.32 bits per heavy atom. The van der Waals surface area contributed by atoms with E-state index in [0.29, 0.717) is 5.25 Å². The van der Waals surface area contributed by atoms with Crippen molar-refractivity contribution >= 4 is 27.7 Å². The molecule has 4 heteroatoms. The van der Waals surface area contributed by atoms with Crippen LogP contribution in [0.4, 0.5) is 0 Å². The molecule has 2 heterocycles. The average Bonchev–Trinajstić information content (AvgIpc) is 2.85. The first-order chi connectivity index (χ1) is 9.22. The van der Waals surface area contributed by atoms with Crippen molar-refractivity contribution in [3.63, 3.8) is 0 Å². The van der Waals surface area contributed by atoms with E-state index in [4.69, 9.17) is 5.73 Å². The van der Waals surface area contributed by atoms with Crippen LogP contribution in [0.25, 0.3) is 0 Å². The van der Waals surface area contributed by atoms with E-state index in [0.717, 1.165) is 23.0 Å². The van der Waals surface area contributed by atoms with E-state index in [1.54, 1.807) is 0 Å². The molecule has 1 aliphatic rings. The molecule has 19 heavy (non-hydrogen) atoms. The number of nitrogens with two attached hydrogens (primary N) is 1. The van der Waals surface area contributed by atoms with Gasteiger partial charge in [-0.3, -0.25) is 4.98 Å². The standard InChI is InChI=1S/C15H15BrN2S/c16-11-5-6-12(18-9-11)8-13(17)15-7-10-3-1-2-4-14(10)19-15/h1-6,9,13,15H,7-8,17H2. The zero-order valence-corrected chi connectivity index (χ0v) is 12.8. The molecule has 2 N–H and O–H groups in total. The molecule has 1 aliphatic heterocycles. The Morgan fingerprint density at radius 3 is 2.89 bits per heavy atom. The lowest BCUT2D eigenvalue weighted by molar-refractivity contribution is 0.624. The second-order valence-electron chi connectivity index (χ2n) is 4.80. The first kappa shape index (κ1) is 13.2. The minimum absolute atomic E-state index is 0.145. The number of benzene rings is 1. The van der Waals surface area contributed by atoms with Gasteiger partial charge in [0.1, 0.15) is 0 Å². The topological polar surface area (TPSA) is 38.9 Å². The first-order valence-electron chi connectivity index (χ1n) is 6.33. The van der Waals surface area contributed by atoms with Crippen molar-refractivity contribution in [2.75, 3.05) is 0 Å². The quantitative estimate of drug-likeness (QED) is 0.934. The zero-order chi connectivity index (χ0) is 13.2. The van der Waals surface area contributed by atoms with Gasteiger partial charge in [-0.25, -0.2) is 0 Å². The molecule has 0 amide bonds. The number of hydrogen-bond acceptors (Lipinski definition) is 3. The van der Waals surface area contributed by atoms with Crippen molar-refractivity contribution in [3.05, 3.63) is 58.3 Å². The van der Waals surface area contributed by atoms with E-state index in [1.807, 2.05) is 30.1 Å². The molecule has 2 atom stereocenters. The fourth-order valence-electron chi connectivity index (χ4n) is 2.35. The van der Waals surface area contributed by atoms with Gasteiger partial charge >= 0.3 is 0 Å². The minimum atomic E-state index is 0.145. The summed E-state index contributed by atoms with van der Waals surface area (Å²) in [5.41, 5.74) is 8.85. The summed E-state index contributed by atoms with van der Waals surface area (Å²) in [6, 6.07) is 12.8. The summed E-state index contributed by atoms with van der Waals surface area (Å²) in [6.45, 7) is 0. The Labute approximate surface area is 125 Å². The molecule has 1 aromatic heterocycles. The number of aromatic nitrogens is 1. The van der Waals surface area contributed by atoms with Gasteiger partial charge in [-0.1, -0.05) is 18.2 Å². The van der Waals surface area contributed by atoms with E-state index in [-0.39, 0.29) is 6.04 Å². The maximum absolute atomic E-state index is 6.36. The molecule has 0 aliphatic carbocycles. The molecule has 2 unspecified atom stereocenters. The summed E-state index contributed by atoms with van der Waals surface area (Å²) in [5.74, 6) is 0. The number of nitrogens with zero attached hydrogens (tertiary/aromatic N) is 1. The van der Waals surface area contributed by atoms with Crippen LogP contribution in [-0.4, -0.2) is 16.3 Å². The maximum Gasteiger partial charge on any atom is 0.0420 e. The summed E-state index contributed by atoms with van der Waals surface area (Å²) in [7, 11) is 0. The lowest BCUT2D eigenvalue weighted by Gasteiger charge is -2.17. The van der Waals surface area contributed by atoms with Crippen LogP contribution in [0.1, 0.15) is 11.3 Å². The van der Waals surface area contributed by atoms with Gasteiger partial charge in [0.05, 0.1) is 0 Å². The van der Waals surface area contributed by atoms with Crippen molar-refractivity contribution in [2.24, 2.45) is 5.73 Å². The first-order valence-corrected chi connectivity index (χ1v) is 8.00. The largest absolute Gasteiger partial charge is 0.326 e. The number of fused-ring (bicyclic) bond motifs is 1. The average molecular weight is 335 g/mol. The highest BCUT2D eigenvalue weighted by atomic mass is 79.9. The number of hydrogen-bond donors (Lipinski definition) is 1. The lowest BCUT2D eigenvalue weighted by atomic mass is 10.0. The van der Waals surface area contributed by atoms with Crippen LogP contribution >= 0.6 is 27.7 Å². The number of pyridine rings is 1. The van der Waals surface area contributed by atoms with Crippen LogP contribution in [0.15, 0.2) is 52.0 Å². The number of thioether (sulfide) groups is 1. The Morgan fingerprint density at radius 2 is 2.16 bits per heavy atom. The zero-order valence-electron chi connectivity index (χ0n) is 10.4. The van der Waals surface area contributed by atoms with Crippen molar-refractivity contribution in [1.29, 1.82) is 0 Å². The van der Waals surface area contributed by atoms with Crippen molar-refractivity contribution < 1.29 is 0 Å². The van der Waals surface area contributed by atoms with Crippen molar-refractivity contribution in [2.45, 2.75) is 29.0 Å². The summed E-state index contributed by atoms with van der Waals surface area (Å²) in [6.07, 6.45) is 3.73. The Hall–Kier alpha value is -0.840. The Balaban J connectivity index is 1.66. The highest BCUT2D eigenvalue weighted by Gasteiger charge is 2.27. The molecular formula is C15H15BrN2S. The maximum atomic E-state index is 6.36. The molecule has 3 rings (SSSR count). The molecule has 0 bridgehead atoms. The second-order valence-corrected chi connectivity index (χ2v) is 7.00. The summed E-state index contributed by atoms with van der Waals surface area (Å²) >= 11 is 5.30. The van der Waals surface area contributed by atoms with Crippen molar-refractivity contribution in [3.8, 4) is 0 Å². The minimum Gasteiger partial charge on any atom is -0.326 e. The van der Waals surface area contributed by atoms with Gasteiger partial charge in [0.2, 0.25) is 0 Å². The van der Waals surface area contributed by atoms with Gasteiger partial charge in [0, 0.05) is 39.0 Å². The van der Waals surface area contributed by atoms with Gasteiger partial charge in [-0.15, -0.1) is 11.8 Å². The SMILES string of the molecule is NC(Cc1ccc(Br)cn1)C1Cc2ccccc2S1. The van der Waals surface area contributed by atoms with Crippen LogP contribution < -0.4 is 5.73 Å². The van der Waals surface area contributed by atoms with Gasteiger partial charge in [0.15, 0.2) is 0 Å². The normalized spacial score (nSPS) is 19.2. The summed E-state index contributed by atoms with van der Waals surface area (Å²) in [4.78, 5) is 5.78. The highest BCUT2D eigenvalue weighted by molar-refractivity contribution is 9.10. The third kappa shape index (κ3) is 3.02. The second kappa shape index (κ2) is 5.65. The van der Waals surface area contributed by atoms with E-state index in [2.05, 4.69) is 45.2 Å². The van der Waals surface area contributed by atoms with Crippen LogP contribution in [0.3, 0.4) is 0 Å². The smallest absolute Gasteiger partial charge is 0.0420 e. The van der Waals surface area contributed by atoms with E-state index >= 15 is 0 Å². The molecule has 0 saturated carbocycles. The number of rotatable bonds is 3. The number of halogens is 1. The predicted octanol–water partition coefficient (Wildman–Crippen LogP) is 3.43. The van der Waals surface area contributed by atoms with E-state index < -0.39 is 0 Å². The van der Waals surface area contributed by atoms with Gasteiger partial charge < -0.3 is 5.73 Å². The monoisotopic (exact) mass is 334 g/mol. The predicted molar refractivity (Wildman–Crippen MR) is 83.4 cm³/mol. The third-order valence-corrected chi connectivity index (χ3v) is 5.32. The van der Waals surface area contributed by atoms with Gasteiger partial charge in [-0.05, 0) is 46.1 Å². The summed E-state index contributed by atoms with van der Waals surface area (Å²) in [5, 5.41) is 0.461. The highest BCUT2D eigenvalue weighted by Crippen LogP contribution is 2.38. The fourth-order valence-corrected chi connectivity index (χ4v) is 3.90. The summed E-state index contributed by atoms with van der Waals surface area (Å²) < 4.78 is 1.01. The molecule has 0 radical (unpaired) electrons. The van der Waals surface area contributed by atoms with Crippen LogP contribution in [-0.2, 0) is 12.8 Å². The fraction of sp³-hybridized carbons (Fsp3) is 0.267. The molecule has 0 spiro atoms. The molecule has 2 aromatic rings. The van der Waals surface area contributed by atoms with Crippen LogP contribution in [0, 0.1) is 0 Å². The Kier molecular flexibility index (Phi) is 3.91. The Bertz CT molecular complexity index is 546. The molecule has 2 nitrogen and oxygen atoms in total. The van der Waals surface area contributed by atoms with Crippen LogP contribution in [0.5, 0.6) is 0 Å². The molecule has 98 valence electrons. The van der Waals surface area contributed by atoms with Crippen LogP contribution in [0.2, 0.25) is 0 Å². The van der Waals surface area contributed by atoms with Crippen molar-refractivity contribution in [1.82, 2.24) is 4.98 Å². The van der Waals surface area contributed by atoms with Gasteiger partial charge in [0.25, 0.3) is 0 Å². The molecular weight excluding hydrogens is 320 g/mol. The molecule has 0 fully saturated rings.